The highest BCUT2D eigenvalue weighted by Gasteiger charge is 2.24. The number of rotatable bonds is 4. The molecule has 0 bridgehead atoms. The number of hydrogen-bond acceptors (Lipinski definition) is 4. The van der Waals surface area contributed by atoms with Crippen LogP contribution in [-0.4, -0.2) is 63.7 Å². The highest BCUT2D eigenvalue weighted by Crippen LogP contribution is 2.10. The molecule has 3 amide bonds. The summed E-state index contributed by atoms with van der Waals surface area (Å²) in [4.78, 5) is 28.6. The van der Waals surface area contributed by atoms with Crippen molar-refractivity contribution in [2.45, 2.75) is 39.8 Å². The number of furan rings is 1. The predicted octanol–water partition coefficient (Wildman–Crippen LogP) is 2.04. The Morgan fingerprint density at radius 3 is 2.63 bits per heavy atom. The summed E-state index contributed by atoms with van der Waals surface area (Å²) in [5.74, 6) is -0.0519. The molecule has 1 atom stereocenters. The highest BCUT2D eigenvalue weighted by molar-refractivity contribution is 5.93. The van der Waals surface area contributed by atoms with E-state index in [4.69, 9.17) is 4.42 Å². The van der Waals surface area contributed by atoms with Gasteiger partial charge < -0.3 is 19.5 Å². The number of nitrogens with zero attached hydrogens (tertiary/aromatic N) is 4. The predicted molar refractivity (Wildman–Crippen MR) is 100 cm³/mol. The monoisotopic (exact) mass is 373 g/mol. The van der Waals surface area contributed by atoms with Gasteiger partial charge in [-0.2, -0.15) is 5.10 Å². The largest absolute Gasteiger partial charge is 0.472 e. The molecule has 0 saturated carbocycles. The fourth-order valence-electron chi connectivity index (χ4n) is 3.36. The maximum Gasteiger partial charge on any atom is 0.317 e. The van der Waals surface area contributed by atoms with Crippen LogP contribution in [0.2, 0.25) is 0 Å². The second kappa shape index (κ2) is 8.28. The molecular formula is C19H27N5O3. The van der Waals surface area contributed by atoms with Crippen molar-refractivity contribution in [1.29, 1.82) is 0 Å². The summed E-state index contributed by atoms with van der Waals surface area (Å²) in [6, 6.07) is 3.55. The summed E-state index contributed by atoms with van der Waals surface area (Å²) in [5, 5.41) is 7.48. The number of nitrogens with one attached hydrogen (secondary N) is 1. The molecule has 3 rings (SSSR count). The van der Waals surface area contributed by atoms with Crippen LogP contribution in [-0.2, 0) is 6.54 Å². The fraction of sp³-hybridized carbons (Fsp3) is 0.526. The number of aryl methyl sites for hydroxylation is 2. The lowest BCUT2D eigenvalue weighted by Gasteiger charge is -2.24. The second-order valence-corrected chi connectivity index (χ2v) is 7.10. The first-order chi connectivity index (χ1) is 12.9. The third-order valence-corrected chi connectivity index (χ3v) is 4.76. The van der Waals surface area contributed by atoms with Crippen molar-refractivity contribution in [2.24, 2.45) is 0 Å². The van der Waals surface area contributed by atoms with E-state index in [0.717, 1.165) is 17.8 Å². The zero-order valence-corrected chi connectivity index (χ0v) is 16.1. The van der Waals surface area contributed by atoms with Crippen LogP contribution in [0.15, 0.2) is 29.1 Å². The number of carbonyl (C=O) groups excluding carboxylic acids is 2. The Hall–Kier alpha value is -2.77. The molecule has 0 unspecified atom stereocenters. The van der Waals surface area contributed by atoms with Gasteiger partial charge in [-0.3, -0.25) is 9.48 Å². The van der Waals surface area contributed by atoms with Gasteiger partial charge >= 0.3 is 6.03 Å². The van der Waals surface area contributed by atoms with E-state index in [1.54, 1.807) is 15.9 Å². The van der Waals surface area contributed by atoms with E-state index in [0.29, 0.717) is 38.3 Å². The number of hydrogen-bond donors (Lipinski definition) is 1. The highest BCUT2D eigenvalue weighted by atomic mass is 16.3. The van der Waals surface area contributed by atoms with Gasteiger partial charge in [-0.1, -0.05) is 0 Å². The average Bonchev–Trinajstić information content (AvgIpc) is 3.17. The third-order valence-electron chi connectivity index (χ3n) is 4.76. The van der Waals surface area contributed by atoms with Gasteiger partial charge in [0.25, 0.3) is 5.91 Å². The van der Waals surface area contributed by atoms with E-state index in [1.165, 1.54) is 12.5 Å². The molecule has 2 aromatic heterocycles. The van der Waals surface area contributed by atoms with Crippen LogP contribution < -0.4 is 5.32 Å². The van der Waals surface area contributed by atoms with Crippen molar-refractivity contribution in [2.75, 3.05) is 26.2 Å². The van der Waals surface area contributed by atoms with Gasteiger partial charge in [0.1, 0.15) is 6.26 Å². The van der Waals surface area contributed by atoms with Crippen molar-refractivity contribution in [3.63, 3.8) is 0 Å². The van der Waals surface area contributed by atoms with Crippen LogP contribution in [0.1, 0.15) is 35.1 Å². The molecule has 2 aromatic rings. The summed E-state index contributed by atoms with van der Waals surface area (Å²) in [6.45, 7) is 8.87. The van der Waals surface area contributed by atoms with Crippen LogP contribution in [0.5, 0.6) is 0 Å². The molecule has 1 N–H and O–H groups in total. The van der Waals surface area contributed by atoms with Crippen molar-refractivity contribution in [3.05, 3.63) is 41.6 Å². The van der Waals surface area contributed by atoms with E-state index in [-0.39, 0.29) is 18.0 Å². The van der Waals surface area contributed by atoms with E-state index in [1.807, 2.05) is 31.5 Å². The van der Waals surface area contributed by atoms with Crippen molar-refractivity contribution < 1.29 is 14.0 Å². The van der Waals surface area contributed by atoms with Crippen molar-refractivity contribution >= 4 is 11.9 Å². The summed E-state index contributed by atoms with van der Waals surface area (Å²) in [6.07, 6.45) is 3.70. The number of aromatic nitrogens is 2. The molecule has 0 aliphatic carbocycles. The van der Waals surface area contributed by atoms with Gasteiger partial charge in [0.2, 0.25) is 0 Å². The smallest absolute Gasteiger partial charge is 0.317 e. The molecule has 27 heavy (non-hydrogen) atoms. The molecular weight excluding hydrogens is 346 g/mol. The Balaban J connectivity index is 1.51. The molecule has 3 heterocycles. The molecule has 8 heteroatoms. The van der Waals surface area contributed by atoms with Crippen molar-refractivity contribution in [1.82, 2.24) is 24.9 Å². The molecule has 1 aliphatic rings. The van der Waals surface area contributed by atoms with Gasteiger partial charge in [-0.25, -0.2) is 4.79 Å². The van der Waals surface area contributed by atoms with Crippen LogP contribution in [0.25, 0.3) is 0 Å². The Kier molecular flexibility index (Phi) is 5.83. The standard InChI is InChI=1S/C19H27N5O3/c1-14-11-16(3)24(21-14)12-15(2)20-19(26)23-7-4-6-22(8-9-23)18(25)17-5-10-27-13-17/h5,10-11,13,15H,4,6-9,12H2,1-3H3,(H,20,26)/t15-/m0/s1. The fourth-order valence-corrected chi connectivity index (χ4v) is 3.36. The minimum absolute atomic E-state index is 0.0394. The van der Waals surface area contributed by atoms with Crippen LogP contribution in [0, 0.1) is 13.8 Å². The summed E-state index contributed by atoms with van der Waals surface area (Å²) < 4.78 is 6.90. The Morgan fingerprint density at radius 2 is 1.96 bits per heavy atom. The number of carbonyl (C=O) groups is 2. The zero-order valence-electron chi connectivity index (χ0n) is 16.1. The maximum atomic E-state index is 12.6. The molecule has 8 nitrogen and oxygen atoms in total. The van der Waals surface area contributed by atoms with Gasteiger partial charge in [-0.05, 0) is 39.3 Å². The number of urea groups is 1. The first-order valence-corrected chi connectivity index (χ1v) is 9.32. The van der Waals surface area contributed by atoms with Gasteiger partial charge in [0.15, 0.2) is 0 Å². The third kappa shape index (κ3) is 4.69. The van der Waals surface area contributed by atoms with Gasteiger partial charge in [0, 0.05) is 37.9 Å². The van der Waals surface area contributed by atoms with Crippen LogP contribution in [0.3, 0.4) is 0 Å². The lowest BCUT2D eigenvalue weighted by Crippen LogP contribution is -2.46. The SMILES string of the molecule is Cc1cc(C)n(C[C@H](C)NC(=O)N2CCCN(C(=O)c3ccoc3)CC2)n1. The molecule has 0 aromatic carbocycles. The van der Waals surface area contributed by atoms with Crippen LogP contribution in [0.4, 0.5) is 4.79 Å². The molecule has 0 spiro atoms. The van der Waals surface area contributed by atoms with Gasteiger partial charge in [-0.15, -0.1) is 0 Å². The zero-order chi connectivity index (χ0) is 19.4. The second-order valence-electron chi connectivity index (χ2n) is 7.10. The van der Waals surface area contributed by atoms with E-state index < -0.39 is 0 Å². The Labute approximate surface area is 159 Å². The average molecular weight is 373 g/mol. The van der Waals surface area contributed by atoms with E-state index in [9.17, 15) is 9.59 Å². The molecule has 1 aliphatic heterocycles. The summed E-state index contributed by atoms with van der Waals surface area (Å²) in [5.41, 5.74) is 2.60. The maximum absolute atomic E-state index is 12.6. The van der Waals surface area contributed by atoms with Crippen LogP contribution >= 0.6 is 0 Å². The molecule has 1 fully saturated rings. The number of amides is 3. The summed E-state index contributed by atoms with van der Waals surface area (Å²) in [7, 11) is 0. The first kappa shape index (κ1) is 19.0. The normalized spacial score (nSPS) is 16.1. The molecule has 0 radical (unpaired) electrons. The minimum atomic E-state index is -0.0957. The first-order valence-electron chi connectivity index (χ1n) is 9.32. The Morgan fingerprint density at radius 1 is 1.22 bits per heavy atom. The summed E-state index contributed by atoms with van der Waals surface area (Å²) >= 11 is 0. The van der Waals surface area contributed by atoms with Gasteiger partial charge in [0.05, 0.1) is 24.1 Å². The lowest BCUT2D eigenvalue weighted by molar-refractivity contribution is 0.0761. The van der Waals surface area contributed by atoms with Crippen molar-refractivity contribution in [3.8, 4) is 0 Å². The quantitative estimate of drug-likeness (QED) is 0.889. The topological polar surface area (TPSA) is 83.6 Å². The van der Waals surface area contributed by atoms with E-state index >= 15 is 0 Å². The van der Waals surface area contributed by atoms with E-state index in [2.05, 4.69) is 10.4 Å². The Bertz CT molecular complexity index is 783. The molecule has 1 saturated heterocycles. The lowest BCUT2D eigenvalue weighted by atomic mass is 10.3. The molecule has 146 valence electrons. The minimum Gasteiger partial charge on any atom is -0.472 e.